The highest BCUT2D eigenvalue weighted by Crippen LogP contribution is 2.05. The van der Waals surface area contributed by atoms with Crippen LogP contribution < -0.4 is 0 Å². The highest BCUT2D eigenvalue weighted by Gasteiger charge is 2.09. The zero-order valence-corrected chi connectivity index (χ0v) is 8.01. The van der Waals surface area contributed by atoms with Gasteiger partial charge in [-0.2, -0.15) is 0 Å². The summed E-state index contributed by atoms with van der Waals surface area (Å²) < 4.78 is 16.6. The third-order valence-electron chi connectivity index (χ3n) is 1.63. The number of ketones is 1. The van der Waals surface area contributed by atoms with E-state index in [4.69, 9.17) is 0 Å². The summed E-state index contributed by atoms with van der Waals surface area (Å²) in [7, 11) is 1.24. The third-order valence-corrected chi connectivity index (χ3v) is 1.63. The molecule has 13 heavy (non-hydrogen) atoms. The maximum absolute atomic E-state index is 12.3. The fraction of sp³-hybridized carbons (Fsp3) is 0.778. The Labute approximate surface area is 77.3 Å². The van der Waals surface area contributed by atoms with Crippen LogP contribution in [0.25, 0.3) is 0 Å². The molecule has 1 atom stereocenters. The normalized spacial score (nSPS) is 12.2. The van der Waals surface area contributed by atoms with Crippen LogP contribution in [0.4, 0.5) is 4.39 Å². The first-order valence-corrected chi connectivity index (χ1v) is 4.29. The van der Waals surface area contributed by atoms with E-state index in [1.165, 1.54) is 14.0 Å². The van der Waals surface area contributed by atoms with Gasteiger partial charge in [0.25, 0.3) is 0 Å². The molecule has 0 aromatic carbocycles. The van der Waals surface area contributed by atoms with Crippen molar-refractivity contribution in [2.24, 2.45) is 0 Å². The van der Waals surface area contributed by atoms with Crippen LogP contribution in [0.2, 0.25) is 0 Å². The van der Waals surface area contributed by atoms with Gasteiger partial charge in [-0.15, -0.1) is 0 Å². The van der Waals surface area contributed by atoms with E-state index >= 15 is 0 Å². The van der Waals surface area contributed by atoms with E-state index in [2.05, 4.69) is 4.74 Å². The molecule has 0 bridgehead atoms. The number of esters is 1. The van der Waals surface area contributed by atoms with Gasteiger partial charge in [0.05, 0.1) is 13.3 Å². The van der Waals surface area contributed by atoms with E-state index < -0.39 is 12.1 Å². The summed E-state index contributed by atoms with van der Waals surface area (Å²) in [6.07, 6.45) is 0.0342. The second-order valence-corrected chi connectivity index (χ2v) is 2.96. The molecule has 0 fully saturated rings. The molecule has 0 N–H and O–H groups in total. The van der Waals surface area contributed by atoms with Crippen LogP contribution in [0.3, 0.4) is 0 Å². The van der Waals surface area contributed by atoms with Gasteiger partial charge in [-0.05, 0) is 19.8 Å². The molecule has 0 spiro atoms. The minimum absolute atomic E-state index is 0.187. The molecular formula is C9H15FO3. The molecule has 0 rings (SSSR count). The summed E-state index contributed by atoms with van der Waals surface area (Å²) >= 11 is 0. The molecule has 3 nitrogen and oxygen atoms in total. The summed E-state index contributed by atoms with van der Waals surface area (Å²) in [6, 6.07) is 0. The van der Waals surface area contributed by atoms with Crippen LogP contribution in [0.15, 0.2) is 0 Å². The lowest BCUT2D eigenvalue weighted by molar-refractivity contribution is -0.143. The quantitative estimate of drug-likeness (QED) is 0.472. The third kappa shape index (κ3) is 7.43. The number of carbonyl (C=O) groups excluding carboxylic acids is 2. The van der Waals surface area contributed by atoms with Crippen molar-refractivity contribution >= 4 is 11.8 Å². The summed E-state index contributed by atoms with van der Waals surface area (Å²) in [6.45, 7) is 1.45. The average Bonchev–Trinajstić information content (AvgIpc) is 2.03. The lowest BCUT2D eigenvalue weighted by atomic mass is 10.1. The van der Waals surface area contributed by atoms with Crippen LogP contribution in [0.1, 0.15) is 32.6 Å². The number of rotatable bonds is 6. The van der Waals surface area contributed by atoms with Gasteiger partial charge in [0.1, 0.15) is 12.2 Å². The predicted octanol–water partition coefficient (Wildman–Crippen LogP) is 1.65. The van der Waals surface area contributed by atoms with Crippen molar-refractivity contribution in [2.45, 2.75) is 38.8 Å². The Kier molecular flexibility index (Phi) is 6.10. The Bertz CT molecular complexity index is 178. The van der Waals surface area contributed by atoms with Gasteiger partial charge in [-0.25, -0.2) is 4.39 Å². The Morgan fingerprint density at radius 1 is 1.46 bits per heavy atom. The zero-order chi connectivity index (χ0) is 10.3. The molecule has 4 heteroatoms. The van der Waals surface area contributed by atoms with Crippen molar-refractivity contribution in [3.8, 4) is 0 Å². The van der Waals surface area contributed by atoms with Crippen LogP contribution in [0, 0.1) is 0 Å². The van der Waals surface area contributed by atoms with E-state index in [0.717, 1.165) is 0 Å². The summed E-state index contributed by atoms with van der Waals surface area (Å²) in [5.74, 6) is -0.717. The molecule has 0 aromatic heterocycles. The Morgan fingerprint density at radius 3 is 2.54 bits per heavy atom. The van der Waals surface area contributed by atoms with E-state index in [9.17, 15) is 14.0 Å². The molecule has 0 radical (unpaired) electrons. The molecule has 0 saturated carbocycles. The topological polar surface area (TPSA) is 43.4 Å². The molecule has 0 aromatic rings. The number of ether oxygens (including phenoxy) is 1. The van der Waals surface area contributed by atoms with E-state index in [1.807, 2.05) is 0 Å². The van der Waals surface area contributed by atoms with Crippen molar-refractivity contribution in [3.63, 3.8) is 0 Å². The Hall–Kier alpha value is -0.930. The minimum Gasteiger partial charge on any atom is -0.469 e. The van der Waals surface area contributed by atoms with Crippen LogP contribution >= 0.6 is 0 Å². The summed E-state index contributed by atoms with van der Waals surface area (Å²) in [5, 5.41) is 0. The standard InChI is InChI=1S/C9H15FO3/c1-7(10)4-3-5-8(11)6-9(12)13-2/h7H,3-6H2,1-2H3. The fourth-order valence-corrected chi connectivity index (χ4v) is 0.902. The minimum atomic E-state index is -0.883. The van der Waals surface area contributed by atoms with Gasteiger partial charge in [0.2, 0.25) is 0 Å². The number of Topliss-reactive ketones (excluding diaryl/α,β-unsaturated/α-hetero) is 1. The number of hydrogen-bond donors (Lipinski definition) is 0. The summed E-state index contributed by atoms with van der Waals surface area (Å²) in [5.41, 5.74) is 0. The number of carbonyl (C=O) groups is 2. The van der Waals surface area contributed by atoms with E-state index in [-0.39, 0.29) is 18.6 Å². The molecule has 0 saturated heterocycles. The first-order valence-electron chi connectivity index (χ1n) is 4.29. The van der Waals surface area contributed by atoms with Crippen LogP contribution in [-0.4, -0.2) is 25.0 Å². The molecule has 0 aliphatic carbocycles. The molecule has 0 aliphatic heterocycles. The smallest absolute Gasteiger partial charge is 0.313 e. The number of hydrogen-bond acceptors (Lipinski definition) is 3. The molecule has 1 unspecified atom stereocenters. The largest absolute Gasteiger partial charge is 0.469 e. The molecule has 0 amide bonds. The summed E-state index contributed by atoms with van der Waals surface area (Å²) in [4.78, 5) is 21.6. The van der Waals surface area contributed by atoms with E-state index in [1.54, 1.807) is 0 Å². The number of methoxy groups -OCH3 is 1. The maximum Gasteiger partial charge on any atom is 0.313 e. The van der Waals surface area contributed by atoms with Crippen molar-refractivity contribution in [3.05, 3.63) is 0 Å². The first-order chi connectivity index (χ1) is 6.06. The van der Waals surface area contributed by atoms with Crippen LogP contribution in [-0.2, 0) is 14.3 Å². The SMILES string of the molecule is COC(=O)CC(=O)CCCC(C)F. The van der Waals surface area contributed by atoms with Gasteiger partial charge in [0.15, 0.2) is 0 Å². The molecule has 0 heterocycles. The fourth-order valence-electron chi connectivity index (χ4n) is 0.902. The Balaban J connectivity index is 3.46. The lowest BCUT2D eigenvalue weighted by Crippen LogP contribution is -2.09. The van der Waals surface area contributed by atoms with Gasteiger partial charge in [-0.3, -0.25) is 9.59 Å². The van der Waals surface area contributed by atoms with Gasteiger partial charge in [0, 0.05) is 6.42 Å². The predicted molar refractivity (Wildman–Crippen MR) is 46.1 cm³/mol. The second-order valence-electron chi connectivity index (χ2n) is 2.96. The van der Waals surface area contributed by atoms with Crippen molar-refractivity contribution in [2.75, 3.05) is 7.11 Å². The van der Waals surface area contributed by atoms with Gasteiger partial charge in [-0.1, -0.05) is 0 Å². The van der Waals surface area contributed by atoms with Gasteiger partial charge < -0.3 is 4.74 Å². The lowest BCUT2D eigenvalue weighted by Gasteiger charge is -2.00. The van der Waals surface area contributed by atoms with Crippen molar-refractivity contribution in [1.82, 2.24) is 0 Å². The number of alkyl halides is 1. The molecular weight excluding hydrogens is 175 g/mol. The van der Waals surface area contributed by atoms with Crippen LogP contribution in [0.5, 0.6) is 0 Å². The second kappa shape index (κ2) is 6.57. The molecule has 76 valence electrons. The monoisotopic (exact) mass is 190 g/mol. The maximum atomic E-state index is 12.3. The van der Waals surface area contributed by atoms with Gasteiger partial charge >= 0.3 is 5.97 Å². The highest BCUT2D eigenvalue weighted by atomic mass is 19.1. The number of halogens is 1. The Morgan fingerprint density at radius 2 is 2.08 bits per heavy atom. The highest BCUT2D eigenvalue weighted by molar-refractivity contribution is 5.95. The van der Waals surface area contributed by atoms with E-state index in [0.29, 0.717) is 12.8 Å². The first kappa shape index (κ1) is 12.1. The van der Waals surface area contributed by atoms with Crippen molar-refractivity contribution in [1.29, 1.82) is 0 Å². The zero-order valence-electron chi connectivity index (χ0n) is 8.01. The average molecular weight is 190 g/mol. The van der Waals surface area contributed by atoms with Crippen molar-refractivity contribution < 1.29 is 18.7 Å². The molecule has 0 aliphatic rings.